The van der Waals surface area contributed by atoms with E-state index in [2.05, 4.69) is 86.0 Å². The smallest absolute Gasteiger partial charge is 0.181 e. The molecule has 6 aromatic heterocycles. The number of hydrogen-bond acceptors (Lipinski definition) is 6. The highest BCUT2D eigenvalue weighted by molar-refractivity contribution is 5.97. The van der Waals surface area contributed by atoms with E-state index < -0.39 is 0 Å². The van der Waals surface area contributed by atoms with E-state index in [1.54, 1.807) is 18.7 Å². The van der Waals surface area contributed by atoms with Gasteiger partial charge in [0.2, 0.25) is 0 Å². The Hall–Kier alpha value is -4.79. The van der Waals surface area contributed by atoms with Crippen molar-refractivity contribution in [1.82, 2.24) is 39.7 Å². The summed E-state index contributed by atoms with van der Waals surface area (Å²) in [5, 5.41) is 12.9. The molecular weight excluding hydrogens is 462 g/mol. The van der Waals surface area contributed by atoms with Crippen molar-refractivity contribution in [3.63, 3.8) is 0 Å². The summed E-state index contributed by atoms with van der Waals surface area (Å²) >= 11 is 0. The van der Waals surface area contributed by atoms with E-state index in [4.69, 9.17) is 0 Å². The van der Waals surface area contributed by atoms with Crippen LogP contribution in [0.25, 0.3) is 50.3 Å². The molecule has 0 bridgehead atoms. The summed E-state index contributed by atoms with van der Waals surface area (Å²) in [6.07, 6.45) is 11.0. The molecule has 184 valence electrons. The normalized spacial score (nSPS) is 11.9. The van der Waals surface area contributed by atoms with Gasteiger partial charge in [0.25, 0.3) is 0 Å². The number of anilines is 1. The number of aromatic amines is 2. The van der Waals surface area contributed by atoms with Gasteiger partial charge in [-0.1, -0.05) is 27.4 Å². The van der Waals surface area contributed by atoms with Gasteiger partial charge in [0, 0.05) is 57.8 Å². The quantitative estimate of drug-likeness (QED) is 0.273. The SMILES string of the molecule is C=C(Nc1cncc(-c2cnc3n[nH]c(-c4cc5c(-n6cnc(C)c6)nccc5[nH]4)c3c2)c1)C(C)(C)C. The van der Waals surface area contributed by atoms with E-state index in [0.29, 0.717) is 5.65 Å². The topological polar surface area (TPSA) is 113 Å². The molecule has 6 rings (SSSR count). The average molecular weight is 490 g/mol. The monoisotopic (exact) mass is 489 g/mol. The first-order valence-corrected chi connectivity index (χ1v) is 12.0. The molecule has 0 aromatic carbocycles. The number of aromatic nitrogens is 8. The fraction of sp³-hybridized carbons (Fsp3) is 0.179. The second kappa shape index (κ2) is 8.41. The molecule has 0 amide bonds. The number of pyridine rings is 3. The van der Waals surface area contributed by atoms with Gasteiger partial charge >= 0.3 is 0 Å². The van der Waals surface area contributed by atoms with E-state index in [-0.39, 0.29) is 5.41 Å². The number of fused-ring (bicyclic) bond motifs is 2. The van der Waals surface area contributed by atoms with Crippen LogP contribution in [0.1, 0.15) is 26.5 Å². The molecule has 9 nitrogen and oxygen atoms in total. The van der Waals surface area contributed by atoms with Gasteiger partial charge in [0.05, 0.1) is 34.5 Å². The van der Waals surface area contributed by atoms with Crippen LogP contribution in [0.2, 0.25) is 0 Å². The number of aryl methyl sites for hydroxylation is 1. The van der Waals surface area contributed by atoms with Gasteiger partial charge in [-0.3, -0.25) is 14.6 Å². The third kappa shape index (κ3) is 4.14. The Labute approximate surface area is 213 Å². The minimum atomic E-state index is -0.0617. The Morgan fingerprint density at radius 2 is 1.84 bits per heavy atom. The van der Waals surface area contributed by atoms with Crippen molar-refractivity contribution < 1.29 is 0 Å². The number of H-pyrrole nitrogens is 2. The lowest BCUT2D eigenvalue weighted by Gasteiger charge is -2.23. The minimum absolute atomic E-state index is 0.0617. The van der Waals surface area contributed by atoms with Crippen molar-refractivity contribution in [2.75, 3.05) is 5.32 Å². The molecule has 9 heteroatoms. The highest BCUT2D eigenvalue weighted by Gasteiger charge is 2.17. The molecule has 6 aromatic rings. The Bertz CT molecular complexity index is 1780. The third-order valence-corrected chi connectivity index (χ3v) is 6.43. The summed E-state index contributed by atoms with van der Waals surface area (Å²) in [6.45, 7) is 12.5. The maximum absolute atomic E-state index is 4.61. The Kier molecular flexibility index (Phi) is 5.15. The number of imidazole rings is 1. The standard InChI is InChI=1S/C28H27N9/c1-16-14-37(15-32-16)27-21-10-24(34-23(21)6-7-30-27)25-22-9-19(12-31-26(22)36-35-25)18-8-20(13-29-11-18)33-17(2)28(3,4)5/h6-15,33-34H,2H2,1,3-5H3,(H,31,35,36). The molecule has 0 aliphatic carbocycles. The zero-order valence-corrected chi connectivity index (χ0v) is 21.2. The summed E-state index contributed by atoms with van der Waals surface area (Å²) in [5.41, 5.74) is 7.95. The van der Waals surface area contributed by atoms with Gasteiger partial charge in [-0.05, 0) is 31.2 Å². The molecule has 0 atom stereocenters. The Balaban J connectivity index is 1.40. The van der Waals surface area contributed by atoms with Gasteiger partial charge in [-0.15, -0.1) is 0 Å². The Morgan fingerprint density at radius 3 is 2.62 bits per heavy atom. The highest BCUT2D eigenvalue weighted by atomic mass is 15.2. The van der Waals surface area contributed by atoms with Crippen LogP contribution in [0.5, 0.6) is 0 Å². The Morgan fingerprint density at radius 1 is 1.00 bits per heavy atom. The van der Waals surface area contributed by atoms with E-state index in [9.17, 15) is 0 Å². The van der Waals surface area contributed by atoms with Crippen LogP contribution < -0.4 is 5.32 Å². The first-order chi connectivity index (χ1) is 17.8. The van der Waals surface area contributed by atoms with Crippen molar-refractivity contribution >= 4 is 27.6 Å². The highest BCUT2D eigenvalue weighted by Crippen LogP contribution is 2.33. The largest absolute Gasteiger partial charge is 0.358 e. The lowest BCUT2D eigenvalue weighted by atomic mass is 9.93. The lowest BCUT2D eigenvalue weighted by Crippen LogP contribution is -2.15. The van der Waals surface area contributed by atoms with Crippen LogP contribution in [0.3, 0.4) is 0 Å². The first-order valence-electron chi connectivity index (χ1n) is 12.0. The van der Waals surface area contributed by atoms with Crippen molar-refractivity contribution in [3.8, 4) is 28.3 Å². The zero-order valence-electron chi connectivity index (χ0n) is 21.2. The summed E-state index contributed by atoms with van der Waals surface area (Å²) in [6, 6.07) is 8.19. The number of nitrogens with zero attached hydrogens (tertiary/aromatic N) is 6. The molecular formula is C28H27N9. The number of hydrogen-bond donors (Lipinski definition) is 3. The molecule has 6 heterocycles. The molecule has 0 saturated carbocycles. The van der Waals surface area contributed by atoms with Crippen LogP contribution in [-0.4, -0.2) is 39.7 Å². The van der Waals surface area contributed by atoms with E-state index >= 15 is 0 Å². The summed E-state index contributed by atoms with van der Waals surface area (Å²) in [7, 11) is 0. The fourth-order valence-corrected chi connectivity index (χ4v) is 4.21. The van der Waals surface area contributed by atoms with Crippen molar-refractivity contribution in [3.05, 3.63) is 79.5 Å². The van der Waals surface area contributed by atoms with Crippen LogP contribution in [-0.2, 0) is 0 Å². The van der Waals surface area contributed by atoms with Crippen molar-refractivity contribution in [2.45, 2.75) is 27.7 Å². The summed E-state index contributed by atoms with van der Waals surface area (Å²) in [5.74, 6) is 0.815. The number of rotatable bonds is 5. The number of allylic oxidation sites excluding steroid dienone is 1. The summed E-state index contributed by atoms with van der Waals surface area (Å²) in [4.78, 5) is 21.5. The lowest BCUT2D eigenvalue weighted by molar-refractivity contribution is 0.509. The molecule has 0 fully saturated rings. The molecule has 0 aliphatic heterocycles. The fourth-order valence-electron chi connectivity index (χ4n) is 4.21. The molecule has 37 heavy (non-hydrogen) atoms. The second-order valence-electron chi connectivity index (χ2n) is 10.2. The number of nitrogens with one attached hydrogen (secondary N) is 3. The molecule has 0 radical (unpaired) electrons. The molecule has 0 aliphatic rings. The predicted octanol–water partition coefficient (Wildman–Crippen LogP) is 6.03. The summed E-state index contributed by atoms with van der Waals surface area (Å²) < 4.78 is 1.93. The molecule has 3 N–H and O–H groups in total. The van der Waals surface area contributed by atoms with Gasteiger partial charge in [-0.2, -0.15) is 5.10 Å². The molecule has 0 unspecified atom stereocenters. The van der Waals surface area contributed by atoms with E-state index in [0.717, 1.165) is 61.7 Å². The van der Waals surface area contributed by atoms with Gasteiger partial charge in [0.1, 0.15) is 12.1 Å². The van der Waals surface area contributed by atoms with Crippen LogP contribution in [0.15, 0.2) is 73.9 Å². The minimum Gasteiger partial charge on any atom is -0.358 e. The van der Waals surface area contributed by atoms with Crippen molar-refractivity contribution in [1.29, 1.82) is 0 Å². The zero-order chi connectivity index (χ0) is 25.7. The van der Waals surface area contributed by atoms with Gasteiger partial charge in [-0.25, -0.2) is 15.0 Å². The maximum Gasteiger partial charge on any atom is 0.181 e. The van der Waals surface area contributed by atoms with E-state index in [1.165, 1.54) is 0 Å². The maximum atomic E-state index is 4.61. The first kappa shape index (κ1) is 22.7. The van der Waals surface area contributed by atoms with Crippen LogP contribution >= 0.6 is 0 Å². The molecule has 0 spiro atoms. The molecule has 0 saturated heterocycles. The van der Waals surface area contributed by atoms with Gasteiger partial charge in [0.15, 0.2) is 5.65 Å². The van der Waals surface area contributed by atoms with Crippen LogP contribution in [0, 0.1) is 12.3 Å². The van der Waals surface area contributed by atoms with Crippen molar-refractivity contribution in [2.24, 2.45) is 5.41 Å². The second-order valence-corrected chi connectivity index (χ2v) is 10.2. The van der Waals surface area contributed by atoms with Gasteiger partial charge < -0.3 is 10.3 Å². The predicted molar refractivity (Wildman–Crippen MR) is 146 cm³/mol. The van der Waals surface area contributed by atoms with E-state index in [1.807, 2.05) is 36.1 Å². The third-order valence-electron chi connectivity index (χ3n) is 6.43. The average Bonchev–Trinajstić information content (AvgIpc) is 3.60. The van der Waals surface area contributed by atoms with Crippen LogP contribution in [0.4, 0.5) is 5.69 Å².